The topological polar surface area (TPSA) is 61.7 Å². The molecule has 0 amide bonds. The number of hydrogen-bond acceptors (Lipinski definition) is 3. The van der Waals surface area contributed by atoms with E-state index >= 15 is 0 Å². The molecule has 116 valence electrons. The molecule has 0 unspecified atom stereocenters. The number of benzene rings is 2. The molecule has 0 radical (unpaired) electrons. The van der Waals surface area contributed by atoms with Gasteiger partial charge < -0.3 is 9.72 Å². The first-order chi connectivity index (χ1) is 11.7. The van der Waals surface area contributed by atoms with E-state index in [0.717, 1.165) is 38.7 Å². The standard InChI is InChI=1S/C20H15N3O/c1-12-3-5-18-13(7-12)8-14(10-21)20(23-18)17-11-22-19-6-4-15(24-2)9-16(17)19/h3-9,11,22H,1-2H3. The van der Waals surface area contributed by atoms with Crippen molar-refractivity contribution in [3.05, 3.63) is 59.8 Å². The highest BCUT2D eigenvalue weighted by Gasteiger charge is 2.14. The third-order valence-electron chi connectivity index (χ3n) is 4.23. The lowest BCUT2D eigenvalue weighted by molar-refractivity contribution is 0.415. The summed E-state index contributed by atoms with van der Waals surface area (Å²) >= 11 is 0. The highest BCUT2D eigenvalue weighted by atomic mass is 16.5. The number of nitrogens with one attached hydrogen (secondary N) is 1. The Morgan fingerprint density at radius 3 is 2.79 bits per heavy atom. The first-order valence-corrected chi connectivity index (χ1v) is 7.66. The minimum Gasteiger partial charge on any atom is -0.497 e. The highest BCUT2D eigenvalue weighted by Crippen LogP contribution is 2.33. The van der Waals surface area contributed by atoms with Gasteiger partial charge in [0.15, 0.2) is 0 Å². The molecule has 0 saturated heterocycles. The van der Waals surface area contributed by atoms with Gasteiger partial charge in [-0.3, -0.25) is 0 Å². The summed E-state index contributed by atoms with van der Waals surface area (Å²) in [6, 6.07) is 16.1. The highest BCUT2D eigenvalue weighted by molar-refractivity contribution is 5.98. The number of nitriles is 1. The first-order valence-electron chi connectivity index (χ1n) is 7.66. The van der Waals surface area contributed by atoms with Gasteiger partial charge in [-0.25, -0.2) is 4.98 Å². The van der Waals surface area contributed by atoms with E-state index in [-0.39, 0.29) is 0 Å². The predicted octanol–water partition coefficient (Wildman–Crippen LogP) is 4.57. The molecule has 0 spiro atoms. The van der Waals surface area contributed by atoms with Gasteiger partial charge >= 0.3 is 0 Å². The van der Waals surface area contributed by atoms with E-state index in [1.165, 1.54) is 0 Å². The van der Waals surface area contributed by atoms with Crippen LogP contribution in [-0.2, 0) is 0 Å². The zero-order valence-corrected chi connectivity index (χ0v) is 13.4. The molecular formula is C20H15N3O. The number of aromatic amines is 1. The zero-order valence-electron chi connectivity index (χ0n) is 13.4. The fourth-order valence-corrected chi connectivity index (χ4v) is 3.01. The Bertz CT molecular complexity index is 1120. The SMILES string of the molecule is COc1ccc2[nH]cc(-c3nc4ccc(C)cc4cc3C#N)c2c1. The summed E-state index contributed by atoms with van der Waals surface area (Å²) in [6.07, 6.45) is 1.90. The summed E-state index contributed by atoms with van der Waals surface area (Å²) in [5.41, 5.74) is 5.18. The number of aryl methyl sites for hydroxylation is 1. The summed E-state index contributed by atoms with van der Waals surface area (Å²) in [4.78, 5) is 7.99. The number of hydrogen-bond donors (Lipinski definition) is 1. The van der Waals surface area contributed by atoms with E-state index in [2.05, 4.69) is 11.1 Å². The van der Waals surface area contributed by atoms with E-state index in [1.54, 1.807) is 7.11 Å². The van der Waals surface area contributed by atoms with Gasteiger partial charge in [-0.05, 0) is 43.3 Å². The summed E-state index contributed by atoms with van der Waals surface area (Å²) in [5.74, 6) is 0.776. The van der Waals surface area contributed by atoms with E-state index in [0.29, 0.717) is 11.3 Å². The normalized spacial score (nSPS) is 10.9. The van der Waals surface area contributed by atoms with Crippen molar-refractivity contribution in [3.63, 3.8) is 0 Å². The largest absolute Gasteiger partial charge is 0.497 e. The molecule has 4 nitrogen and oxygen atoms in total. The van der Waals surface area contributed by atoms with Crippen molar-refractivity contribution < 1.29 is 4.74 Å². The number of aromatic nitrogens is 2. The van der Waals surface area contributed by atoms with Gasteiger partial charge in [-0.15, -0.1) is 0 Å². The minimum atomic E-state index is 0.566. The van der Waals surface area contributed by atoms with Crippen LogP contribution in [0.3, 0.4) is 0 Å². The molecule has 0 aliphatic heterocycles. The van der Waals surface area contributed by atoms with E-state index in [1.807, 2.05) is 55.6 Å². The van der Waals surface area contributed by atoms with Crippen LogP contribution in [0.15, 0.2) is 48.7 Å². The number of nitrogens with zero attached hydrogens (tertiary/aromatic N) is 2. The molecule has 2 aromatic carbocycles. The van der Waals surface area contributed by atoms with Crippen molar-refractivity contribution in [3.8, 4) is 23.1 Å². The first kappa shape index (κ1) is 14.3. The van der Waals surface area contributed by atoms with Gasteiger partial charge in [0.05, 0.1) is 23.9 Å². The van der Waals surface area contributed by atoms with Crippen LogP contribution in [0.25, 0.3) is 33.1 Å². The molecule has 0 fully saturated rings. The van der Waals surface area contributed by atoms with E-state index in [4.69, 9.17) is 9.72 Å². The molecule has 0 bridgehead atoms. The van der Waals surface area contributed by atoms with Crippen molar-refractivity contribution >= 4 is 21.8 Å². The second kappa shape index (κ2) is 5.39. The molecule has 4 aromatic rings. The average molecular weight is 313 g/mol. The fourth-order valence-electron chi connectivity index (χ4n) is 3.01. The molecule has 2 aromatic heterocycles. The molecule has 0 atom stereocenters. The smallest absolute Gasteiger partial charge is 0.119 e. The monoisotopic (exact) mass is 313 g/mol. The second-order valence-electron chi connectivity index (χ2n) is 5.81. The third kappa shape index (κ3) is 2.19. The average Bonchev–Trinajstić information content (AvgIpc) is 3.03. The summed E-state index contributed by atoms with van der Waals surface area (Å²) in [7, 11) is 1.64. The maximum atomic E-state index is 9.59. The van der Waals surface area contributed by atoms with Crippen LogP contribution in [0.5, 0.6) is 5.75 Å². The fraction of sp³-hybridized carbons (Fsp3) is 0.100. The van der Waals surface area contributed by atoms with Gasteiger partial charge in [0, 0.05) is 28.0 Å². The minimum absolute atomic E-state index is 0.566. The van der Waals surface area contributed by atoms with E-state index < -0.39 is 0 Å². The molecule has 0 saturated carbocycles. The van der Waals surface area contributed by atoms with Crippen LogP contribution in [0.4, 0.5) is 0 Å². The van der Waals surface area contributed by atoms with Gasteiger partial charge in [-0.1, -0.05) is 11.6 Å². The van der Waals surface area contributed by atoms with Crippen LogP contribution < -0.4 is 4.74 Å². The lowest BCUT2D eigenvalue weighted by Crippen LogP contribution is -1.91. The Hall–Kier alpha value is -3.32. The Kier molecular flexibility index (Phi) is 3.21. The van der Waals surface area contributed by atoms with Crippen LogP contribution in [0.1, 0.15) is 11.1 Å². The van der Waals surface area contributed by atoms with Gasteiger partial charge in [0.2, 0.25) is 0 Å². The molecule has 0 aliphatic rings. The third-order valence-corrected chi connectivity index (χ3v) is 4.23. The molecule has 0 aliphatic carbocycles. The summed E-state index contributed by atoms with van der Waals surface area (Å²) < 4.78 is 5.32. The number of ether oxygens (including phenoxy) is 1. The molecule has 1 N–H and O–H groups in total. The second-order valence-corrected chi connectivity index (χ2v) is 5.81. The summed E-state index contributed by atoms with van der Waals surface area (Å²) in [5, 5.41) is 11.6. The van der Waals surface area contributed by atoms with Crippen molar-refractivity contribution in [2.45, 2.75) is 6.92 Å². The lowest BCUT2D eigenvalue weighted by Gasteiger charge is -2.07. The predicted molar refractivity (Wildman–Crippen MR) is 95.0 cm³/mol. The Labute approximate surface area is 139 Å². The molecule has 24 heavy (non-hydrogen) atoms. The number of methoxy groups -OCH3 is 1. The lowest BCUT2D eigenvalue weighted by atomic mass is 10.0. The van der Waals surface area contributed by atoms with Crippen molar-refractivity contribution in [1.29, 1.82) is 5.26 Å². The molecular weight excluding hydrogens is 298 g/mol. The number of rotatable bonds is 2. The Morgan fingerprint density at radius 1 is 1.12 bits per heavy atom. The van der Waals surface area contributed by atoms with Gasteiger partial charge in [0.1, 0.15) is 11.8 Å². The van der Waals surface area contributed by atoms with Crippen LogP contribution in [0.2, 0.25) is 0 Å². The zero-order chi connectivity index (χ0) is 16.7. The maximum Gasteiger partial charge on any atom is 0.119 e. The molecule has 2 heterocycles. The Balaban J connectivity index is 2.02. The van der Waals surface area contributed by atoms with Gasteiger partial charge in [-0.2, -0.15) is 5.26 Å². The van der Waals surface area contributed by atoms with Crippen LogP contribution >= 0.6 is 0 Å². The van der Waals surface area contributed by atoms with Crippen molar-refractivity contribution in [1.82, 2.24) is 9.97 Å². The van der Waals surface area contributed by atoms with Crippen molar-refractivity contribution in [2.75, 3.05) is 7.11 Å². The quantitative estimate of drug-likeness (QED) is 0.589. The van der Waals surface area contributed by atoms with E-state index in [9.17, 15) is 5.26 Å². The van der Waals surface area contributed by atoms with Gasteiger partial charge in [0.25, 0.3) is 0 Å². The number of pyridine rings is 1. The molecule has 4 heteroatoms. The number of fused-ring (bicyclic) bond motifs is 2. The van der Waals surface area contributed by atoms with Crippen molar-refractivity contribution in [2.24, 2.45) is 0 Å². The summed E-state index contributed by atoms with van der Waals surface area (Å²) in [6.45, 7) is 2.03. The number of H-pyrrole nitrogens is 1. The Morgan fingerprint density at radius 2 is 2.00 bits per heavy atom. The maximum absolute atomic E-state index is 9.59. The molecule has 4 rings (SSSR count). The van der Waals surface area contributed by atoms with Crippen LogP contribution in [-0.4, -0.2) is 17.1 Å². The van der Waals surface area contributed by atoms with Crippen LogP contribution in [0, 0.1) is 18.3 Å².